The van der Waals surface area contributed by atoms with Crippen LogP contribution in [0.3, 0.4) is 0 Å². The lowest BCUT2D eigenvalue weighted by molar-refractivity contribution is 0.0736. The molecule has 4 N–H and O–H groups in total. The van der Waals surface area contributed by atoms with Gasteiger partial charge >= 0.3 is 0 Å². The second-order valence-corrected chi connectivity index (χ2v) is 5.44. The maximum absolute atomic E-state index is 11.9. The SMILES string of the molecule is COCCOCCNS(=O)(=O)c1ccc(NN)cc1. The highest BCUT2D eigenvalue weighted by Crippen LogP contribution is 2.12. The molecule has 0 aliphatic carbocycles. The summed E-state index contributed by atoms with van der Waals surface area (Å²) in [6.45, 7) is 1.43. The molecule has 0 aliphatic rings. The van der Waals surface area contributed by atoms with Crippen molar-refractivity contribution < 1.29 is 17.9 Å². The molecular weight excluding hydrogens is 270 g/mol. The highest BCUT2D eigenvalue weighted by atomic mass is 32.2. The number of methoxy groups -OCH3 is 1. The number of rotatable bonds is 9. The van der Waals surface area contributed by atoms with E-state index in [0.29, 0.717) is 25.5 Å². The lowest BCUT2D eigenvalue weighted by Gasteiger charge is -2.08. The van der Waals surface area contributed by atoms with E-state index in [9.17, 15) is 8.42 Å². The van der Waals surface area contributed by atoms with Crippen LogP contribution in [-0.4, -0.2) is 41.9 Å². The number of hydrazine groups is 1. The van der Waals surface area contributed by atoms with E-state index in [1.54, 1.807) is 19.2 Å². The standard InChI is InChI=1S/C11H19N3O4S/c1-17-8-9-18-7-6-13-19(15,16)11-4-2-10(14-12)3-5-11/h2-5,13-14H,6-9,12H2,1H3. The predicted octanol–water partition coefficient (Wildman–Crippen LogP) is -0.0865. The molecule has 1 rings (SSSR count). The molecule has 0 amide bonds. The van der Waals surface area contributed by atoms with Crippen LogP contribution < -0.4 is 16.0 Å². The first kappa shape index (κ1) is 15.9. The molecule has 0 unspecified atom stereocenters. The molecule has 0 spiro atoms. The molecule has 0 heterocycles. The van der Waals surface area contributed by atoms with E-state index in [-0.39, 0.29) is 11.4 Å². The monoisotopic (exact) mass is 289 g/mol. The topological polar surface area (TPSA) is 103 Å². The number of sulfonamides is 1. The Balaban J connectivity index is 2.42. The Bertz CT molecular complexity index is 461. The third kappa shape index (κ3) is 5.53. The van der Waals surface area contributed by atoms with E-state index in [4.69, 9.17) is 15.3 Å². The van der Waals surface area contributed by atoms with E-state index in [1.165, 1.54) is 12.1 Å². The van der Waals surface area contributed by atoms with Crippen molar-refractivity contribution in [3.63, 3.8) is 0 Å². The summed E-state index contributed by atoms with van der Waals surface area (Å²) in [6, 6.07) is 6.12. The highest BCUT2D eigenvalue weighted by Gasteiger charge is 2.12. The first-order chi connectivity index (χ1) is 9.10. The average molecular weight is 289 g/mol. The van der Waals surface area contributed by atoms with Gasteiger partial charge in [-0.15, -0.1) is 0 Å². The lowest BCUT2D eigenvalue weighted by atomic mass is 10.3. The van der Waals surface area contributed by atoms with Gasteiger partial charge in [0.1, 0.15) is 0 Å². The third-order valence-electron chi connectivity index (χ3n) is 2.30. The molecule has 1 aromatic carbocycles. The van der Waals surface area contributed by atoms with Crippen LogP contribution in [-0.2, 0) is 19.5 Å². The number of anilines is 1. The minimum atomic E-state index is -3.51. The summed E-state index contributed by atoms with van der Waals surface area (Å²) in [5, 5.41) is 0. The smallest absolute Gasteiger partial charge is 0.240 e. The second-order valence-electron chi connectivity index (χ2n) is 3.67. The van der Waals surface area contributed by atoms with Gasteiger partial charge in [0.05, 0.1) is 24.7 Å². The van der Waals surface area contributed by atoms with Gasteiger partial charge in [0, 0.05) is 19.3 Å². The quantitative estimate of drug-likeness (QED) is 0.334. The highest BCUT2D eigenvalue weighted by molar-refractivity contribution is 7.89. The number of ether oxygens (including phenoxy) is 2. The van der Waals surface area contributed by atoms with Gasteiger partial charge in [0.2, 0.25) is 10.0 Å². The van der Waals surface area contributed by atoms with Crippen molar-refractivity contribution in [2.75, 3.05) is 38.9 Å². The fraction of sp³-hybridized carbons (Fsp3) is 0.455. The largest absolute Gasteiger partial charge is 0.382 e. The Morgan fingerprint density at radius 1 is 1.16 bits per heavy atom. The van der Waals surface area contributed by atoms with Crippen molar-refractivity contribution in [3.8, 4) is 0 Å². The van der Waals surface area contributed by atoms with E-state index in [2.05, 4.69) is 10.1 Å². The van der Waals surface area contributed by atoms with Gasteiger partial charge in [0.25, 0.3) is 0 Å². The summed E-state index contributed by atoms with van der Waals surface area (Å²) in [7, 11) is -1.93. The van der Waals surface area contributed by atoms with Crippen molar-refractivity contribution in [2.24, 2.45) is 5.84 Å². The van der Waals surface area contributed by atoms with Gasteiger partial charge in [-0.2, -0.15) is 0 Å². The lowest BCUT2D eigenvalue weighted by Crippen LogP contribution is -2.27. The van der Waals surface area contributed by atoms with Gasteiger partial charge in [0.15, 0.2) is 0 Å². The van der Waals surface area contributed by atoms with Gasteiger partial charge in [-0.25, -0.2) is 13.1 Å². The van der Waals surface area contributed by atoms with E-state index < -0.39 is 10.0 Å². The molecule has 19 heavy (non-hydrogen) atoms. The minimum absolute atomic E-state index is 0.184. The number of benzene rings is 1. The maximum Gasteiger partial charge on any atom is 0.240 e. The molecule has 0 bridgehead atoms. The summed E-state index contributed by atoms with van der Waals surface area (Å²) in [5.41, 5.74) is 3.07. The Morgan fingerprint density at radius 2 is 1.84 bits per heavy atom. The summed E-state index contributed by atoms with van der Waals surface area (Å²) in [5.74, 6) is 5.21. The van der Waals surface area contributed by atoms with E-state index in [0.717, 1.165) is 0 Å². The minimum Gasteiger partial charge on any atom is -0.382 e. The Labute approximate surface area is 113 Å². The van der Waals surface area contributed by atoms with Crippen molar-refractivity contribution in [1.82, 2.24) is 4.72 Å². The number of nitrogen functional groups attached to an aromatic ring is 1. The van der Waals surface area contributed by atoms with Crippen LogP contribution in [0.15, 0.2) is 29.2 Å². The predicted molar refractivity (Wildman–Crippen MR) is 72.1 cm³/mol. The number of nitrogens with two attached hydrogens (primary N) is 1. The van der Waals surface area contributed by atoms with Gasteiger partial charge in [-0.05, 0) is 24.3 Å². The van der Waals surface area contributed by atoms with Crippen LogP contribution >= 0.6 is 0 Å². The average Bonchev–Trinajstić information content (AvgIpc) is 2.43. The first-order valence-electron chi connectivity index (χ1n) is 5.73. The zero-order valence-corrected chi connectivity index (χ0v) is 11.6. The van der Waals surface area contributed by atoms with Crippen LogP contribution in [0, 0.1) is 0 Å². The molecule has 0 saturated carbocycles. The van der Waals surface area contributed by atoms with Crippen molar-refractivity contribution in [3.05, 3.63) is 24.3 Å². The first-order valence-corrected chi connectivity index (χ1v) is 7.21. The normalized spacial score (nSPS) is 11.5. The fourth-order valence-corrected chi connectivity index (χ4v) is 2.32. The van der Waals surface area contributed by atoms with Crippen LogP contribution in [0.2, 0.25) is 0 Å². The number of nitrogens with one attached hydrogen (secondary N) is 2. The maximum atomic E-state index is 11.9. The van der Waals surface area contributed by atoms with Crippen LogP contribution in [0.1, 0.15) is 0 Å². The number of hydrogen-bond donors (Lipinski definition) is 3. The molecule has 0 fully saturated rings. The summed E-state index contributed by atoms with van der Waals surface area (Å²) in [4.78, 5) is 0.184. The van der Waals surface area contributed by atoms with Crippen LogP contribution in [0.5, 0.6) is 0 Å². The third-order valence-corrected chi connectivity index (χ3v) is 3.78. The molecular formula is C11H19N3O4S. The summed E-state index contributed by atoms with van der Waals surface area (Å²) >= 11 is 0. The molecule has 8 heteroatoms. The van der Waals surface area contributed by atoms with E-state index in [1.807, 2.05) is 0 Å². The Hall–Kier alpha value is -1.19. The van der Waals surface area contributed by atoms with Gasteiger partial charge < -0.3 is 14.9 Å². The van der Waals surface area contributed by atoms with Gasteiger partial charge in [-0.1, -0.05) is 0 Å². The Kier molecular flexibility index (Phi) is 6.74. The van der Waals surface area contributed by atoms with Gasteiger partial charge in [-0.3, -0.25) is 5.84 Å². The molecule has 7 nitrogen and oxygen atoms in total. The molecule has 1 aromatic rings. The van der Waals surface area contributed by atoms with E-state index >= 15 is 0 Å². The zero-order valence-electron chi connectivity index (χ0n) is 10.8. The van der Waals surface area contributed by atoms with Crippen molar-refractivity contribution in [2.45, 2.75) is 4.90 Å². The molecule has 0 saturated heterocycles. The molecule has 0 radical (unpaired) electrons. The molecule has 0 atom stereocenters. The second kappa shape index (κ2) is 8.08. The zero-order chi connectivity index (χ0) is 14.1. The van der Waals surface area contributed by atoms with Crippen molar-refractivity contribution >= 4 is 15.7 Å². The Morgan fingerprint density at radius 3 is 2.42 bits per heavy atom. The van der Waals surface area contributed by atoms with Crippen LogP contribution in [0.4, 0.5) is 5.69 Å². The van der Waals surface area contributed by atoms with Crippen molar-refractivity contribution in [1.29, 1.82) is 0 Å². The molecule has 0 aliphatic heterocycles. The fourth-order valence-electron chi connectivity index (χ4n) is 1.31. The summed E-state index contributed by atoms with van der Waals surface area (Å²) in [6.07, 6.45) is 0. The van der Waals surface area contributed by atoms with Crippen LogP contribution in [0.25, 0.3) is 0 Å². The molecule has 0 aromatic heterocycles. The number of hydrogen-bond acceptors (Lipinski definition) is 6. The summed E-state index contributed by atoms with van der Waals surface area (Å²) < 4.78 is 36.2. The molecule has 108 valence electrons.